The topological polar surface area (TPSA) is 0 Å². The van der Waals surface area contributed by atoms with Gasteiger partial charge in [0.25, 0.3) is 0 Å². The number of thiophene rings is 2. The van der Waals surface area contributed by atoms with Gasteiger partial charge in [-0.05, 0) is 79.5 Å². The highest BCUT2D eigenvalue weighted by Gasteiger charge is 2.33. The Hall–Kier alpha value is -2.84. The predicted molar refractivity (Wildman–Crippen MR) is 120 cm³/mol. The second-order valence-electron chi connectivity index (χ2n) is 7.67. The van der Waals surface area contributed by atoms with Crippen molar-refractivity contribution in [2.24, 2.45) is 0 Å². The van der Waals surface area contributed by atoms with Crippen LogP contribution >= 0.6 is 22.7 Å². The van der Waals surface area contributed by atoms with Gasteiger partial charge >= 0.3 is 12.4 Å². The van der Waals surface area contributed by atoms with Gasteiger partial charge in [-0.2, -0.15) is 26.3 Å². The number of hydrogen-bond donors (Lipinski definition) is 0. The molecule has 160 valence electrons. The number of halogens is 6. The Morgan fingerprint density at radius 3 is 1.22 bits per heavy atom. The van der Waals surface area contributed by atoms with Crippen LogP contribution in [-0.2, 0) is 12.4 Å². The molecule has 32 heavy (non-hydrogen) atoms. The van der Waals surface area contributed by atoms with Crippen molar-refractivity contribution >= 4 is 75.2 Å². The molecule has 4 aromatic carbocycles. The zero-order valence-corrected chi connectivity index (χ0v) is 17.5. The maximum absolute atomic E-state index is 13.1. The fourth-order valence-corrected chi connectivity index (χ4v) is 6.14. The van der Waals surface area contributed by atoms with Crippen molar-refractivity contribution in [3.63, 3.8) is 0 Å². The van der Waals surface area contributed by atoms with Crippen LogP contribution in [0.25, 0.3) is 52.5 Å². The molecule has 0 aliphatic rings. The Morgan fingerprint density at radius 2 is 0.844 bits per heavy atom. The van der Waals surface area contributed by atoms with E-state index in [1.807, 2.05) is 24.3 Å². The molecule has 0 nitrogen and oxygen atoms in total. The molecule has 0 saturated carbocycles. The van der Waals surface area contributed by atoms with Crippen LogP contribution in [0.15, 0.2) is 60.7 Å². The lowest BCUT2D eigenvalue weighted by molar-refractivity contribution is -0.135. The van der Waals surface area contributed by atoms with Crippen LogP contribution in [0.3, 0.4) is 0 Å². The van der Waals surface area contributed by atoms with Gasteiger partial charge in [-0.1, -0.05) is 24.3 Å². The second kappa shape index (κ2) is 6.36. The molecule has 6 aromatic rings. The van der Waals surface area contributed by atoms with Gasteiger partial charge in [0, 0.05) is 9.40 Å². The molecule has 8 heteroatoms. The fourth-order valence-electron chi connectivity index (χ4n) is 4.22. The zero-order valence-electron chi connectivity index (χ0n) is 15.9. The third-order valence-corrected chi connectivity index (χ3v) is 7.95. The first kappa shape index (κ1) is 19.8. The summed E-state index contributed by atoms with van der Waals surface area (Å²) in [5.41, 5.74) is 0. The lowest BCUT2D eigenvalue weighted by atomic mass is 9.96. The molecule has 0 aliphatic heterocycles. The number of rotatable bonds is 0. The standard InChI is InChI=1S/C24H10F6S2/c25-23(26,27)21-9-13-5-17-11(7-19(13)31-21)1-3-15-16(17)4-2-12-8-20-14(6-18(12)15)10-22(32-20)24(28,29)30/h1-10H. The Kier molecular flexibility index (Phi) is 3.94. The van der Waals surface area contributed by atoms with Gasteiger partial charge in [-0.3, -0.25) is 0 Å². The molecule has 0 amide bonds. The highest BCUT2D eigenvalue weighted by atomic mass is 32.1. The van der Waals surface area contributed by atoms with Crippen molar-refractivity contribution in [1.82, 2.24) is 0 Å². The van der Waals surface area contributed by atoms with Crippen LogP contribution < -0.4 is 0 Å². The summed E-state index contributed by atoms with van der Waals surface area (Å²) in [5.74, 6) is 0. The van der Waals surface area contributed by atoms with Crippen molar-refractivity contribution in [2.75, 3.05) is 0 Å². The highest BCUT2D eigenvalue weighted by molar-refractivity contribution is 7.19. The van der Waals surface area contributed by atoms with E-state index in [1.165, 1.54) is 0 Å². The SMILES string of the molecule is FC(F)(F)c1cc2cc3c(ccc4c5cc6cc(C(F)(F)F)sc6cc5ccc34)cc2s1. The lowest BCUT2D eigenvalue weighted by Gasteiger charge is -2.08. The molecule has 2 heterocycles. The van der Waals surface area contributed by atoms with Gasteiger partial charge in [0.05, 0.1) is 0 Å². The number of fused-ring (bicyclic) bond motifs is 7. The Labute approximate surface area is 184 Å². The molecule has 0 radical (unpaired) electrons. The second-order valence-corrected chi connectivity index (χ2v) is 9.83. The minimum Gasteiger partial charge on any atom is -0.165 e. The highest BCUT2D eigenvalue weighted by Crippen LogP contribution is 2.43. The average molecular weight is 476 g/mol. The quantitative estimate of drug-likeness (QED) is 0.151. The molecule has 0 bridgehead atoms. The lowest BCUT2D eigenvalue weighted by Crippen LogP contribution is -2.00. The summed E-state index contributed by atoms with van der Waals surface area (Å²) >= 11 is 1.43. The Bertz CT molecular complexity index is 1570. The van der Waals surface area contributed by atoms with E-state index in [2.05, 4.69) is 0 Å². The van der Waals surface area contributed by atoms with Gasteiger partial charge in [-0.15, -0.1) is 22.7 Å². The molecule has 0 aliphatic carbocycles. The molecule has 6 rings (SSSR count). The number of alkyl halides is 6. The molecular weight excluding hydrogens is 466 g/mol. The van der Waals surface area contributed by atoms with Gasteiger partial charge in [0.1, 0.15) is 9.75 Å². The van der Waals surface area contributed by atoms with E-state index in [1.54, 1.807) is 24.3 Å². The summed E-state index contributed by atoms with van der Waals surface area (Å²) in [6.07, 6.45) is -8.79. The summed E-state index contributed by atoms with van der Waals surface area (Å²) in [5, 5.41) is 5.99. The first-order chi connectivity index (χ1) is 15.1. The number of hydrogen-bond acceptors (Lipinski definition) is 2. The van der Waals surface area contributed by atoms with Crippen molar-refractivity contribution in [3.05, 3.63) is 70.4 Å². The van der Waals surface area contributed by atoms with Crippen LogP contribution in [0.2, 0.25) is 0 Å². The predicted octanol–water partition coefficient (Wildman–Crippen LogP) is 9.61. The van der Waals surface area contributed by atoms with Gasteiger partial charge in [0.2, 0.25) is 0 Å². The Morgan fingerprint density at radius 1 is 0.438 bits per heavy atom. The van der Waals surface area contributed by atoms with E-state index in [0.717, 1.165) is 44.5 Å². The fraction of sp³-hybridized carbons (Fsp3) is 0.0833. The van der Waals surface area contributed by atoms with E-state index in [9.17, 15) is 26.3 Å². The summed E-state index contributed by atoms with van der Waals surface area (Å²) in [6.45, 7) is 0. The molecular formula is C24H10F6S2. The third-order valence-electron chi connectivity index (χ3n) is 5.67. The maximum Gasteiger partial charge on any atom is 0.425 e. The van der Waals surface area contributed by atoms with E-state index in [-0.39, 0.29) is 0 Å². The average Bonchev–Trinajstić information content (AvgIpc) is 3.33. The van der Waals surface area contributed by atoms with Crippen LogP contribution in [-0.4, -0.2) is 0 Å². The first-order valence-electron chi connectivity index (χ1n) is 9.49. The summed E-state index contributed by atoms with van der Waals surface area (Å²) in [6, 6.07) is 16.8. The van der Waals surface area contributed by atoms with Gasteiger partial charge in [-0.25, -0.2) is 0 Å². The minimum atomic E-state index is -4.39. The Balaban J connectivity index is 1.64. The molecule has 0 saturated heterocycles. The van der Waals surface area contributed by atoms with Gasteiger partial charge in [0.15, 0.2) is 0 Å². The van der Waals surface area contributed by atoms with Crippen LogP contribution in [0.1, 0.15) is 9.75 Å². The maximum atomic E-state index is 13.1. The third kappa shape index (κ3) is 2.97. The molecule has 0 atom stereocenters. The normalized spacial score (nSPS) is 13.3. The van der Waals surface area contributed by atoms with Crippen molar-refractivity contribution in [2.45, 2.75) is 12.4 Å². The monoisotopic (exact) mass is 476 g/mol. The van der Waals surface area contributed by atoms with Crippen molar-refractivity contribution in [3.8, 4) is 0 Å². The molecule has 0 fully saturated rings. The first-order valence-corrected chi connectivity index (χ1v) is 11.1. The van der Waals surface area contributed by atoms with Crippen molar-refractivity contribution in [1.29, 1.82) is 0 Å². The van der Waals surface area contributed by atoms with Crippen LogP contribution in [0.5, 0.6) is 0 Å². The summed E-state index contributed by atoms with van der Waals surface area (Å²) in [4.78, 5) is -1.28. The minimum absolute atomic E-state index is 0.519. The molecule has 0 N–H and O–H groups in total. The molecule has 0 unspecified atom stereocenters. The zero-order chi connectivity index (χ0) is 22.4. The van der Waals surface area contributed by atoms with Crippen LogP contribution in [0.4, 0.5) is 26.3 Å². The van der Waals surface area contributed by atoms with Crippen molar-refractivity contribution < 1.29 is 26.3 Å². The largest absolute Gasteiger partial charge is 0.425 e. The molecule has 2 aromatic heterocycles. The van der Waals surface area contributed by atoms with E-state index in [4.69, 9.17) is 0 Å². The molecule has 0 spiro atoms. The van der Waals surface area contributed by atoms with E-state index < -0.39 is 22.1 Å². The summed E-state index contributed by atoms with van der Waals surface area (Å²) in [7, 11) is 0. The smallest absolute Gasteiger partial charge is 0.165 e. The number of benzene rings is 4. The van der Waals surface area contributed by atoms with Crippen LogP contribution in [0, 0.1) is 0 Å². The van der Waals surface area contributed by atoms with E-state index in [0.29, 0.717) is 42.8 Å². The summed E-state index contributed by atoms with van der Waals surface area (Å²) < 4.78 is 80.0. The van der Waals surface area contributed by atoms with E-state index >= 15 is 0 Å². The van der Waals surface area contributed by atoms with Gasteiger partial charge < -0.3 is 0 Å².